The molecule has 0 spiro atoms. The van der Waals surface area contributed by atoms with E-state index in [1.54, 1.807) is 6.92 Å². The van der Waals surface area contributed by atoms with Crippen LogP contribution < -0.4 is 11.1 Å². The highest BCUT2D eigenvalue weighted by Gasteiger charge is 2.34. The highest BCUT2D eigenvalue weighted by Crippen LogP contribution is 2.39. The second-order valence-electron chi connectivity index (χ2n) is 6.22. The van der Waals surface area contributed by atoms with Gasteiger partial charge in [-0.25, -0.2) is 0 Å². The molecule has 1 aromatic rings. The number of carbonyl (C=O) groups excluding carboxylic acids is 1. The maximum atomic E-state index is 11.8. The molecule has 2 rings (SSSR count). The Bertz CT molecular complexity index is 468. The predicted molar refractivity (Wildman–Crippen MR) is 89.8 cm³/mol. The summed E-state index contributed by atoms with van der Waals surface area (Å²) in [6.45, 7) is 4.56. The molecule has 4 heteroatoms. The number of hydrogen-bond donors (Lipinski definition) is 2. The summed E-state index contributed by atoms with van der Waals surface area (Å²) in [6.07, 6.45) is 6.07. The number of aryl methyl sites for hydroxylation is 1. The molecule has 1 atom stereocenters. The summed E-state index contributed by atoms with van der Waals surface area (Å²) in [6, 6.07) is 8.28. The molecule has 0 radical (unpaired) electrons. The fraction of sp³-hybridized carbons (Fsp3) is 0.588. The highest BCUT2D eigenvalue weighted by molar-refractivity contribution is 5.85. The van der Waals surface area contributed by atoms with Crippen molar-refractivity contribution in [2.45, 2.75) is 57.4 Å². The summed E-state index contributed by atoms with van der Waals surface area (Å²) in [5, 5.41) is 3.05. The summed E-state index contributed by atoms with van der Waals surface area (Å²) in [4.78, 5) is 11.8. The van der Waals surface area contributed by atoms with Crippen molar-refractivity contribution in [3.8, 4) is 0 Å². The Labute approximate surface area is 134 Å². The standard InChI is InChI=1S/C17H26N2O.ClH/c1-13-7-6-8-15(11-13)17(9-4-3-5-10-17)12-19-16(20)14(2)18;/h6-8,11,14H,3-5,9-10,12,18H2,1-2H3,(H,19,20);1H/t14-;/m1./s1. The maximum absolute atomic E-state index is 11.8. The van der Waals surface area contributed by atoms with E-state index >= 15 is 0 Å². The zero-order valence-electron chi connectivity index (χ0n) is 13.0. The van der Waals surface area contributed by atoms with E-state index in [9.17, 15) is 4.79 Å². The maximum Gasteiger partial charge on any atom is 0.236 e. The van der Waals surface area contributed by atoms with Crippen molar-refractivity contribution < 1.29 is 4.79 Å². The minimum Gasteiger partial charge on any atom is -0.354 e. The molecule has 0 unspecified atom stereocenters. The molecule has 0 saturated heterocycles. The molecule has 0 aliphatic heterocycles. The average Bonchev–Trinajstić information content (AvgIpc) is 2.45. The second-order valence-corrected chi connectivity index (χ2v) is 6.22. The van der Waals surface area contributed by atoms with Gasteiger partial charge in [0.15, 0.2) is 0 Å². The third kappa shape index (κ3) is 4.45. The van der Waals surface area contributed by atoms with E-state index in [-0.39, 0.29) is 23.7 Å². The summed E-state index contributed by atoms with van der Waals surface area (Å²) in [7, 11) is 0. The van der Waals surface area contributed by atoms with Crippen LogP contribution in [-0.4, -0.2) is 18.5 Å². The summed E-state index contributed by atoms with van der Waals surface area (Å²) in [5.41, 5.74) is 8.38. The van der Waals surface area contributed by atoms with Crippen molar-refractivity contribution in [1.29, 1.82) is 0 Å². The first-order valence-electron chi connectivity index (χ1n) is 7.64. The Morgan fingerprint density at radius 3 is 2.57 bits per heavy atom. The van der Waals surface area contributed by atoms with Crippen LogP contribution in [-0.2, 0) is 10.2 Å². The molecule has 3 nitrogen and oxygen atoms in total. The van der Waals surface area contributed by atoms with Crippen LogP contribution in [0.25, 0.3) is 0 Å². The van der Waals surface area contributed by atoms with Gasteiger partial charge in [-0.05, 0) is 32.3 Å². The van der Waals surface area contributed by atoms with E-state index in [0.29, 0.717) is 6.54 Å². The van der Waals surface area contributed by atoms with Gasteiger partial charge in [-0.2, -0.15) is 0 Å². The topological polar surface area (TPSA) is 55.1 Å². The molecule has 3 N–H and O–H groups in total. The molecule has 1 aliphatic carbocycles. The summed E-state index contributed by atoms with van der Waals surface area (Å²) in [5.74, 6) is -0.0531. The molecule has 0 aromatic heterocycles. The van der Waals surface area contributed by atoms with Crippen molar-refractivity contribution in [3.05, 3.63) is 35.4 Å². The Balaban J connectivity index is 0.00000220. The predicted octanol–water partition coefficient (Wildman–Crippen LogP) is 3.08. The minimum absolute atomic E-state index is 0. The first-order valence-corrected chi connectivity index (χ1v) is 7.64. The quantitative estimate of drug-likeness (QED) is 0.898. The van der Waals surface area contributed by atoms with Crippen LogP contribution in [0.4, 0.5) is 0 Å². The smallest absolute Gasteiger partial charge is 0.236 e. The van der Waals surface area contributed by atoms with Gasteiger partial charge < -0.3 is 11.1 Å². The van der Waals surface area contributed by atoms with Gasteiger partial charge in [0.2, 0.25) is 5.91 Å². The van der Waals surface area contributed by atoms with E-state index in [2.05, 4.69) is 36.5 Å². The van der Waals surface area contributed by atoms with Crippen molar-refractivity contribution in [2.75, 3.05) is 6.54 Å². The SMILES string of the molecule is Cc1cccc(C2(CNC(=O)[C@@H](C)N)CCCCC2)c1.Cl. The van der Waals surface area contributed by atoms with Gasteiger partial charge in [0, 0.05) is 12.0 Å². The molecular formula is C17H27ClN2O. The average molecular weight is 311 g/mol. The van der Waals surface area contributed by atoms with Gasteiger partial charge in [-0.15, -0.1) is 12.4 Å². The lowest BCUT2D eigenvalue weighted by Gasteiger charge is -2.38. The molecule has 1 fully saturated rings. The van der Waals surface area contributed by atoms with Crippen molar-refractivity contribution >= 4 is 18.3 Å². The first-order chi connectivity index (χ1) is 9.53. The number of halogens is 1. The van der Waals surface area contributed by atoms with Crippen LogP contribution in [0.2, 0.25) is 0 Å². The fourth-order valence-electron chi connectivity index (χ4n) is 3.19. The Morgan fingerprint density at radius 2 is 2.00 bits per heavy atom. The Kier molecular flexibility index (Phi) is 6.69. The fourth-order valence-corrected chi connectivity index (χ4v) is 3.19. The summed E-state index contributed by atoms with van der Waals surface area (Å²) < 4.78 is 0. The monoisotopic (exact) mass is 310 g/mol. The van der Waals surface area contributed by atoms with E-state index in [1.807, 2.05) is 0 Å². The molecule has 1 aliphatic rings. The lowest BCUT2D eigenvalue weighted by atomic mass is 9.69. The largest absolute Gasteiger partial charge is 0.354 e. The molecule has 1 saturated carbocycles. The van der Waals surface area contributed by atoms with Gasteiger partial charge in [0.05, 0.1) is 6.04 Å². The number of benzene rings is 1. The zero-order valence-corrected chi connectivity index (χ0v) is 13.8. The normalized spacial score (nSPS) is 18.4. The molecule has 0 heterocycles. The van der Waals surface area contributed by atoms with Crippen LogP contribution in [0.15, 0.2) is 24.3 Å². The van der Waals surface area contributed by atoms with Crippen molar-refractivity contribution in [3.63, 3.8) is 0 Å². The lowest BCUT2D eigenvalue weighted by molar-refractivity contribution is -0.122. The number of nitrogens with two attached hydrogens (primary N) is 1. The summed E-state index contributed by atoms with van der Waals surface area (Å²) >= 11 is 0. The van der Waals surface area contributed by atoms with E-state index < -0.39 is 6.04 Å². The van der Waals surface area contributed by atoms with Gasteiger partial charge in [-0.1, -0.05) is 49.1 Å². The van der Waals surface area contributed by atoms with E-state index in [0.717, 1.165) is 12.8 Å². The lowest BCUT2D eigenvalue weighted by Crippen LogP contribution is -2.46. The highest BCUT2D eigenvalue weighted by atomic mass is 35.5. The Morgan fingerprint density at radius 1 is 1.33 bits per heavy atom. The number of rotatable bonds is 4. The Hall–Kier alpha value is -1.06. The van der Waals surface area contributed by atoms with Crippen molar-refractivity contribution in [2.24, 2.45) is 5.73 Å². The van der Waals surface area contributed by atoms with Crippen molar-refractivity contribution in [1.82, 2.24) is 5.32 Å². The van der Waals surface area contributed by atoms with Crippen LogP contribution >= 0.6 is 12.4 Å². The second kappa shape index (κ2) is 7.81. The van der Waals surface area contributed by atoms with Gasteiger partial charge >= 0.3 is 0 Å². The van der Waals surface area contributed by atoms with E-state index in [4.69, 9.17) is 5.73 Å². The third-order valence-electron chi connectivity index (χ3n) is 4.46. The van der Waals surface area contributed by atoms with E-state index in [1.165, 1.54) is 30.4 Å². The third-order valence-corrected chi connectivity index (χ3v) is 4.46. The van der Waals surface area contributed by atoms with Crippen LogP contribution in [0.1, 0.15) is 50.2 Å². The first kappa shape index (κ1) is 18.0. The van der Waals surface area contributed by atoms with Gasteiger partial charge in [0.25, 0.3) is 0 Å². The molecule has 1 amide bonds. The van der Waals surface area contributed by atoms with Gasteiger partial charge in [-0.3, -0.25) is 4.79 Å². The van der Waals surface area contributed by atoms with Crippen LogP contribution in [0, 0.1) is 6.92 Å². The zero-order chi connectivity index (χ0) is 14.6. The molecular weight excluding hydrogens is 284 g/mol. The van der Waals surface area contributed by atoms with Gasteiger partial charge in [0.1, 0.15) is 0 Å². The van der Waals surface area contributed by atoms with Crippen LogP contribution in [0.5, 0.6) is 0 Å². The minimum atomic E-state index is -0.437. The number of amides is 1. The molecule has 1 aromatic carbocycles. The van der Waals surface area contributed by atoms with Crippen LogP contribution in [0.3, 0.4) is 0 Å². The number of nitrogens with one attached hydrogen (secondary N) is 1. The molecule has 0 bridgehead atoms. The molecule has 118 valence electrons. The number of carbonyl (C=O) groups is 1. The molecule has 21 heavy (non-hydrogen) atoms. The number of hydrogen-bond acceptors (Lipinski definition) is 2.